The van der Waals surface area contributed by atoms with Gasteiger partial charge in [0.05, 0.1) is 12.2 Å². The molecule has 1 aliphatic rings. The fourth-order valence-electron chi connectivity index (χ4n) is 4.08. The minimum absolute atomic E-state index is 0.139. The molecule has 0 radical (unpaired) electrons. The molecule has 1 aliphatic carbocycles. The average molecular weight is 426 g/mol. The van der Waals surface area contributed by atoms with Crippen LogP contribution in [0.1, 0.15) is 75.3 Å². The Balaban J connectivity index is 1.48. The highest BCUT2D eigenvalue weighted by molar-refractivity contribution is 5.92. The highest BCUT2D eigenvalue weighted by atomic mass is 16.5. The number of nitrogens with one attached hydrogen (secondary N) is 3. The van der Waals surface area contributed by atoms with Crippen LogP contribution in [0, 0.1) is 5.92 Å². The maximum Gasteiger partial charge on any atom is 0.227 e. The molecule has 1 amide bonds. The van der Waals surface area contributed by atoms with E-state index in [-0.39, 0.29) is 11.8 Å². The second-order valence-corrected chi connectivity index (χ2v) is 8.18. The Morgan fingerprint density at radius 1 is 1.16 bits per heavy atom. The Hall–Kier alpha value is -2.83. The third-order valence-electron chi connectivity index (χ3n) is 6.02. The maximum absolute atomic E-state index is 12.4. The number of aliphatic imine (C=N–C) groups is 1. The van der Waals surface area contributed by atoms with Crippen molar-refractivity contribution in [2.24, 2.45) is 10.9 Å². The van der Waals surface area contributed by atoms with Gasteiger partial charge in [-0.05, 0) is 43.4 Å². The summed E-state index contributed by atoms with van der Waals surface area (Å²) in [4.78, 5) is 16.6. The molecule has 7 heteroatoms. The van der Waals surface area contributed by atoms with Crippen molar-refractivity contribution in [1.29, 1.82) is 0 Å². The van der Waals surface area contributed by atoms with Crippen molar-refractivity contribution in [2.45, 2.75) is 71.4 Å². The molecule has 0 spiro atoms. The summed E-state index contributed by atoms with van der Waals surface area (Å²) in [5, 5.41) is 13.8. The van der Waals surface area contributed by atoms with Gasteiger partial charge in [-0.15, -0.1) is 0 Å². The number of carbonyl (C=O) groups is 1. The highest BCUT2D eigenvalue weighted by Gasteiger charge is 2.22. The molecule has 3 rings (SSSR count). The molecule has 1 heterocycles. The van der Waals surface area contributed by atoms with Gasteiger partial charge in [0.25, 0.3) is 0 Å². The van der Waals surface area contributed by atoms with Crippen LogP contribution in [0.4, 0.5) is 5.69 Å². The molecular formula is C24H35N5O2. The molecule has 0 bridgehead atoms. The van der Waals surface area contributed by atoms with Crippen LogP contribution < -0.4 is 16.0 Å². The molecule has 1 aromatic carbocycles. The Morgan fingerprint density at radius 3 is 2.61 bits per heavy atom. The standard InChI is InChI=1S/C24H35N5O2/c1-4-18(5-2)22-14-21(31-29-22)16-27-24(25-3)26-15-17-9-8-12-20(13-17)28-23(30)19-10-6-7-11-19/h8-9,12-14,18-19H,4-7,10-11,15-16H2,1-3H3,(H,28,30)(H2,25,26,27). The predicted molar refractivity (Wildman–Crippen MR) is 124 cm³/mol. The summed E-state index contributed by atoms with van der Waals surface area (Å²) in [5.41, 5.74) is 2.93. The van der Waals surface area contributed by atoms with Crippen LogP contribution in [0.15, 0.2) is 39.8 Å². The second-order valence-electron chi connectivity index (χ2n) is 8.18. The fraction of sp³-hybridized carbons (Fsp3) is 0.542. The lowest BCUT2D eigenvalue weighted by Crippen LogP contribution is -2.36. The smallest absolute Gasteiger partial charge is 0.227 e. The molecule has 1 aromatic heterocycles. The number of hydrogen-bond acceptors (Lipinski definition) is 4. The number of nitrogens with zero attached hydrogens (tertiary/aromatic N) is 2. The number of anilines is 1. The normalized spacial score (nSPS) is 14.8. The van der Waals surface area contributed by atoms with E-state index in [1.807, 2.05) is 30.3 Å². The lowest BCUT2D eigenvalue weighted by molar-refractivity contribution is -0.119. The van der Waals surface area contributed by atoms with Crippen LogP contribution in [-0.2, 0) is 17.9 Å². The molecule has 31 heavy (non-hydrogen) atoms. The number of rotatable bonds is 9. The van der Waals surface area contributed by atoms with Gasteiger partial charge in [0.15, 0.2) is 11.7 Å². The van der Waals surface area contributed by atoms with Crippen molar-refractivity contribution in [3.8, 4) is 0 Å². The number of benzene rings is 1. The summed E-state index contributed by atoms with van der Waals surface area (Å²) in [6.45, 7) is 5.45. The molecule has 7 nitrogen and oxygen atoms in total. The molecule has 1 fully saturated rings. The van der Waals surface area contributed by atoms with Gasteiger partial charge < -0.3 is 20.5 Å². The third kappa shape index (κ3) is 6.57. The van der Waals surface area contributed by atoms with Gasteiger partial charge in [-0.2, -0.15) is 0 Å². The van der Waals surface area contributed by atoms with Gasteiger partial charge >= 0.3 is 0 Å². The van der Waals surface area contributed by atoms with Crippen LogP contribution in [0.5, 0.6) is 0 Å². The van der Waals surface area contributed by atoms with E-state index in [0.29, 0.717) is 25.0 Å². The number of amides is 1. The number of carbonyl (C=O) groups excluding carboxylic acids is 1. The topological polar surface area (TPSA) is 91.6 Å². The van der Waals surface area contributed by atoms with Crippen molar-refractivity contribution in [3.63, 3.8) is 0 Å². The van der Waals surface area contributed by atoms with Crippen molar-refractivity contribution in [3.05, 3.63) is 47.3 Å². The van der Waals surface area contributed by atoms with E-state index in [1.54, 1.807) is 7.05 Å². The van der Waals surface area contributed by atoms with Crippen LogP contribution in [0.3, 0.4) is 0 Å². The molecule has 0 aliphatic heterocycles. The number of hydrogen-bond donors (Lipinski definition) is 3. The van der Waals surface area contributed by atoms with Crippen molar-refractivity contribution in [2.75, 3.05) is 12.4 Å². The van der Waals surface area contributed by atoms with Gasteiger partial charge in [-0.1, -0.05) is 44.0 Å². The minimum Gasteiger partial charge on any atom is -0.359 e. The van der Waals surface area contributed by atoms with Crippen LogP contribution in [-0.4, -0.2) is 24.1 Å². The molecule has 2 aromatic rings. The SMILES string of the molecule is CCC(CC)c1cc(CNC(=NC)NCc2cccc(NC(=O)C3CCCC3)c2)on1. The quantitative estimate of drug-likeness (QED) is 0.404. The van der Waals surface area contributed by atoms with E-state index < -0.39 is 0 Å². The van der Waals surface area contributed by atoms with Gasteiger partial charge in [-0.25, -0.2) is 0 Å². The first-order valence-corrected chi connectivity index (χ1v) is 11.4. The van der Waals surface area contributed by atoms with E-state index in [0.717, 1.165) is 61.2 Å². The largest absolute Gasteiger partial charge is 0.359 e. The summed E-state index contributed by atoms with van der Waals surface area (Å²) >= 11 is 0. The second kappa shape index (κ2) is 11.5. The number of guanidine groups is 1. The summed E-state index contributed by atoms with van der Waals surface area (Å²) < 4.78 is 5.47. The van der Waals surface area contributed by atoms with E-state index in [2.05, 4.69) is 39.9 Å². The van der Waals surface area contributed by atoms with E-state index >= 15 is 0 Å². The van der Waals surface area contributed by atoms with Gasteiger partial charge in [0, 0.05) is 37.2 Å². The monoisotopic (exact) mass is 425 g/mol. The first-order valence-electron chi connectivity index (χ1n) is 11.4. The summed E-state index contributed by atoms with van der Waals surface area (Å²) in [6, 6.07) is 9.96. The van der Waals surface area contributed by atoms with E-state index in [1.165, 1.54) is 0 Å². The zero-order valence-corrected chi connectivity index (χ0v) is 18.9. The summed E-state index contributed by atoms with van der Waals surface area (Å²) in [7, 11) is 1.74. The van der Waals surface area contributed by atoms with Crippen molar-refractivity contribution < 1.29 is 9.32 Å². The lowest BCUT2D eigenvalue weighted by atomic mass is 9.99. The van der Waals surface area contributed by atoms with Crippen LogP contribution >= 0.6 is 0 Å². The molecule has 0 saturated heterocycles. The molecular weight excluding hydrogens is 390 g/mol. The average Bonchev–Trinajstić information content (AvgIpc) is 3.48. The Labute approximate surface area is 185 Å². The maximum atomic E-state index is 12.4. The zero-order valence-electron chi connectivity index (χ0n) is 18.9. The molecule has 3 N–H and O–H groups in total. The fourth-order valence-corrected chi connectivity index (χ4v) is 4.08. The lowest BCUT2D eigenvalue weighted by Gasteiger charge is -2.13. The van der Waals surface area contributed by atoms with Gasteiger partial charge in [0.2, 0.25) is 5.91 Å². The molecule has 0 unspecified atom stereocenters. The van der Waals surface area contributed by atoms with Crippen LogP contribution in [0.25, 0.3) is 0 Å². The van der Waals surface area contributed by atoms with Gasteiger partial charge in [-0.3, -0.25) is 9.79 Å². The van der Waals surface area contributed by atoms with E-state index in [4.69, 9.17) is 4.52 Å². The molecule has 168 valence electrons. The van der Waals surface area contributed by atoms with Gasteiger partial charge in [0.1, 0.15) is 0 Å². The molecule has 0 atom stereocenters. The first kappa shape index (κ1) is 22.8. The van der Waals surface area contributed by atoms with E-state index in [9.17, 15) is 4.79 Å². The van der Waals surface area contributed by atoms with Crippen molar-refractivity contribution in [1.82, 2.24) is 15.8 Å². The third-order valence-corrected chi connectivity index (χ3v) is 6.02. The summed E-state index contributed by atoms with van der Waals surface area (Å²) in [6.07, 6.45) is 6.42. The number of aromatic nitrogens is 1. The molecule has 1 saturated carbocycles. The minimum atomic E-state index is 0.139. The highest BCUT2D eigenvalue weighted by Crippen LogP contribution is 2.26. The summed E-state index contributed by atoms with van der Waals surface area (Å²) in [5.74, 6) is 2.21. The first-order chi connectivity index (χ1) is 15.1. The zero-order chi connectivity index (χ0) is 22.1. The van der Waals surface area contributed by atoms with Crippen molar-refractivity contribution >= 4 is 17.6 Å². The van der Waals surface area contributed by atoms with Crippen LogP contribution in [0.2, 0.25) is 0 Å². The Kier molecular flexibility index (Phi) is 8.50. The predicted octanol–water partition coefficient (Wildman–Crippen LogP) is 4.57. The Bertz CT molecular complexity index is 866. The Morgan fingerprint density at radius 2 is 1.90 bits per heavy atom.